The molecule has 9 heavy (non-hydrogen) atoms. The average molecular weight is 229 g/mol. The summed E-state index contributed by atoms with van der Waals surface area (Å²) in [6.07, 6.45) is 0. The fourth-order valence-electron chi connectivity index (χ4n) is 0. The van der Waals surface area contributed by atoms with Gasteiger partial charge in [-0.05, 0) is 0 Å². The van der Waals surface area contributed by atoms with E-state index >= 15 is 0 Å². The van der Waals surface area contributed by atoms with Crippen molar-refractivity contribution >= 4 is 7.82 Å². The molecule has 0 fully saturated rings. The summed E-state index contributed by atoms with van der Waals surface area (Å²) in [7, 11) is -4.64. The van der Waals surface area contributed by atoms with Gasteiger partial charge in [-0.2, -0.15) is 0 Å². The van der Waals surface area contributed by atoms with Gasteiger partial charge in [0.25, 0.3) is 0 Å². The molecule has 0 aromatic heterocycles. The molecule has 53 valence electrons. The minimum absolute atomic E-state index is 0. The van der Waals surface area contributed by atoms with Crippen molar-refractivity contribution < 1.29 is 93.7 Å². The number of hydrogen-bond acceptors (Lipinski definition) is 1. The molecule has 0 bridgehead atoms. The van der Waals surface area contributed by atoms with Crippen LogP contribution in [0.25, 0.3) is 0 Å². The summed E-state index contributed by atoms with van der Waals surface area (Å²) >= 11 is 0. The van der Waals surface area contributed by atoms with Gasteiger partial charge in [0.2, 0.25) is 0 Å². The summed E-state index contributed by atoms with van der Waals surface area (Å²) in [5.74, 6) is 0. The fourth-order valence-corrected chi connectivity index (χ4v) is 0. The third kappa shape index (κ3) is 132. The van der Waals surface area contributed by atoms with Gasteiger partial charge in [0.05, 0.1) is 0 Å². The van der Waals surface area contributed by atoms with Gasteiger partial charge in [-0.1, -0.05) is 0 Å². The molecule has 3 N–H and O–H groups in total. The van der Waals surface area contributed by atoms with E-state index in [0.717, 1.165) is 0 Å². The van der Waals surface area contributed by atoms with E-state index in [9.17, 15) is 0 Å². The second kappa shape index (κ2) is 13.0. The third-order valence-electron chi connectivity index (χ3n) is 0. The Morgan fingerprint density at radius 2 is 1.11 bits per heavy atom. The van der Waals surface area contributed by atoms with E-state index < -0.39 is 7.82 Å². The zero-order valence-corrected chi connectivity index (χ0v) is 7.92. The molecule has 4 nitrogen and oxygen atoms in total. The molecule has 0 aromatic rings. The van der Waals surface area contributed by atoms with Crippen LogP contribution >= 0.6 is 7.82 Å². The second-order valence-corrected chi connectivity index (χ2v) is 1.54. The predicted molar refractivity (Wildman–Crippen MR) is 16.5 cm³/mol. The zero-order valence-electron chi connectivity index (χ0n) is 6.88. The van der Waals surface area contributed by atoms with E-state index in [1.54, 1.807) is 0 Å². The van der Waals surface area contributed by atoms with Crippen LogP contribution in [0.2, 0.25) is 0 Å². The van der Waals surface area contributed by atoms with Crippen LogP contribution in [-0.4, -0.2) is 14.7 Å². The van der Waals surface area contributed by atoms with Gasteiger partial charge < -0.3 is 17.5 Å². The van der Waals surface area contributed by atoms with Crippen molar-refractivity contribution in [2.45, 2.75) is 0 Å². The molecule has 0 spiro atoms. The Labute approximate surface area is 101 Å². The van der Waals surface area contributed by atoms with E-state index in [2.05, 4.69) is 0 Å². The van der Waals surface area contributed by atoms with Gasteiger partial charge in [-0.25, -0.2) is 4.57 Å². The Morgan fingerprint density at radius 1 is 1.11 bits per heavy atom. The van der Waals surface area contributed by atoms with Crippen molar-refractivity contribution in [1.29, 1.82) is 0 Å². The molecule has 1 radical (unpaired) electrons. The standard InChI is InChI=1S/Co.Fe.2Li.H3O4P.2H/c;;;;1-5(2,3)4;;/h;;;;(H3,1,2,3,4);;/q;;2*+1;;2*-1. The van der Waals surface area contributed by atoms with Crippen LogP contribution in [0, 0.1) is 0 Å². The average Bonchev–Trinajstić information content (AvgIpc) is 0.722. The first-order valence-corrected chi connectivity index (χ1v) is 2.35. The molecule has 0 aliphatic heterocycles. The molecular weight excluding hydrogens is 224 g/mol. The van der Waals surface area contributed by atoms with Crippen LogP contribution in [-0.2, 0) is 38.4 Å². The van der Waals surface area contributed by atoms with Crippen LogP contribution in [0.4, 0.5) is 0 Å². The molecule has 0 aliphatic carbocycles. The van der Waals surface area contributed by atoms with Gasteiger partial charge in [-0.3, -0.25) is 0 Å². The second-order valence-electron chi connectivity index (χ2n) is 0.513. The topological polar surface area (TPSA) is 77.8 Å². The largest absolute Gasteiger partial charge is 1.00 e. The third-order valence-corrected chi connectivity index (χ3v) is 0. The molecular formula is H5CoFeLi2O4P. The van der Waals surface area contributed by atoms with Crippen LogP contribution in [0.1, 0.15) is 2.85 Å². The summed E-state index contributed by atoms with van der Waals surface area (Å²) in [5, 5.41) is 0. The predicted octanol–water partition coefficient (Wildman–Crippen LogP) is -6.70. The smallest absolute Gasteiger partial charge is 1.00 e. The first kappa shape index (κ1) is 30.2. The van der Waals surface area contributed by atoms with Crippen LogP contribution < -0.4 is 37.7 Å². The number of rotatable bonds is 0. The normalized spacial score (nSPS) is 6.56. The quantitative estimate of drug-likeness (QED) is 0.285. The number of phosphoric acid groups is 1. The maximum atomic E-state index is 8.88. The maximum absolute atomic E-state index is 8.88. The van der Waals surface area contributed by atoms with Gasteiger partial charge in [0, 0.05) is 33.8 Å². The van der Waals surface area contributed by atoms with Crippen molar-refractivity contribution in [1.82, 2.24) is 0 Å². The zero-order chi connectivity index (χ0) is 4.50. The van der Waals surface area contributed by atoms with Crippen LogP contribution in [0.5, 0.6) is 0 Å². The van der Waals surface area contributed by atoms with Crippen molar-refractivity contribution in [2.24, 2.45) is 0 Å². The van der Waals surface area contributed by atoms with E-state index in [0.29, 0.717) is 0 Å². The molecule has 0 saturated carbocycles. The Balaban J connectivity index is -0.00000000533. The molecule has 0 unspecified atom stereocenters. The van der Waals surface area contributed by atoms with E-state index in [1.807, 2.05) is 0 Å². The fraction of sp³-hybridized carbons (Fsp3) is 0. The number of hydrogen-bond donors (Lipinski definition) is 3. The van der Waals surface area contributed by atoms with E-state index in [-0.39, 0.29) is 74.4 Å². The van der Waals surface area contributed by atoms with Crippen molar-refractivity contribution in [3.63, 3.8) is 0 Å². The van der Waals surface area contributed by atoms with Gasteiger partial charge >= 0.3 is 45.5 Å². The summed E-state index contributed by atoms with van der Waals surface area (Å²) in [5.41, 5.74) is 0. The Morgan fingerprint density at radius 3 is 1.11 bits per heavy atom. The monoisotopic (exact) mass is 229 g/mol. The molecule has 9 heteroatoms. The maximum Gasteiger partial charge on any atom is 1.00 e. The van der Waals surface area contributed by atoms with Gasteiger partial charge in [-0.15, -0.1) is 0 Å². The van der Waals surface area contributed by atoms with Crippen molar-refractivity contribution in [3.05, 3.63) is 0 Å². The van der Waals surface area contributed by atoms with Gasteiger partial charge in [0.1, 0.15) is 0 Å². The molecule has 0 aliphatic rings. The minimum atomic E-state index is -4.64. The van der Waals surface area contributed by atoms with Gasteiger partial charge in [0.15, 0.2) is 0 Å². The minimum Gasteiger partial charge on any atom is -1.00 e. The molecule has 0 saturated heterocycles. The SMILES string of the molecule is O=P(O)(O)O.[Co].[Fe].[H-].[H-].[Li+].[Li+]. The summed E-state index contributed by atoms with van der Waals surface area (Å²) in [4.78, 5) is 21.6. The van der Waals surface area contributed by atoms with Crippen molar-refractivity contribution in [3.8, 4) is 0 Å². The first-order chi connectivity index (χ1) is 2.00. The summed E-state index contributed by atoms with van der Waals surface area (Å²) in [6.45, 7) is 0. The van der Waals surface area contributed by atoms with Crippen LogP contribution in [0.15, 0.2) is 0 Å². The first-order valence-electron chi connectivity index (χ1n) is 0.783. The molecule has 0 atom stereocenters. The molecule has 0 heterocycles. The summed E-state index contributed by atoms with van der Waals surface area (Å²) in [6, 6.07) is 0. The summed E-state index contributed by atoms with van der Waals surface area (Å²) < 4.78 is 8.88. The Kier molecular flexibility index (Phi) is 43.4. The molecule has 0 rings (SSSR count). The Hall–Kier alpha value is 2.33. The van der Waals surface area contributed by atoms with Crippen molar-refractivity contribution in [2.75, 3.05) is 0 Å². The van der Waals surface area contributed by atoms with E-state index in [1.165, 1.54) is 0 Å². The van der Waals surface area contributed by atoms with Crippen LogP contribution in [0.3, 0.4) is 0 Å². The Bertz CT molecular complexity index is 72.2. The van der Waals surface area contributed by atoms with E-state index in [4.69, 9.17) is 19.2 Å². The molecule has 0 aromatic carbocycles. The molecule has 0 amide bonds.